The van der Waals surface area contributed by atoms with Crippen molar-refractivity contribution in [1.29, 1.82) is 0 Å². The summed E-state index contributed by atoms with van der Waals surface area (Å²) in [4.78, 5) is 11.8. The molecule has 1 amide bonds. The molecule has 0 saturated heterocycles. The van der Waals surface area contributed by atoms with Crippen LogP contribution < -0.4 is 5.32 Å². The summed E-state index contributed by atoms with van der Waals surface area (Å²) in [7, 11) is 0. The summed E-state index contributed by atoms with van der Waals surface area (Å²) >= 11 is 0. The molecule has 0 atom stereocenters. The van der Waals surface area contributed by atoms with Crippen molar-refractivity contribution in [2.24, 2.45) is 5.92 Å². The van der Waals surface area contributed by atoms with Crippen LogP contribution in [0, 0.1) is 5.92 Å². The predicted octanol–water partition coefficient (Wildman–Crippen LogP) is 3.72. The maximum atomic E-state index is 11.8. The van der Waals surface area contributed by atoms with Gasteiger partial charge in [0.2, 0.25) is 5.91 Å². The lowest BCUT2D eigenvalue weighted by Gasteiger charge is -2.24. The number of anilines is 1. The minimum atomic E-state index is 0.163. The summed E-state index contributed by atoms with van der Waals surface area (Å²) in [5, 5.41) is 2.98. The van der Waals surface area contributed by atoms with Crippen molar-refractivity contribution in [1.82, 2.24) is 0 Å². The van der Waals surface area contributed by atoms with E-state index in [0.29, 0.717) is 0 Å². The van der Waals surface area contributed by atoms with Crippen LogP contribution in [0.1, 0.15) is 45.6 Å². The molecule has 1 aliphatic rings. The number of rotatable bonds is 2. The highest BCUT2D eigenvalue weighted by molar-refractivity contribution is 5.93. The standard InChI is InChI=1S/C15H21NO/c1-15(2,3)12-7-9-13(10-8-12)16-14(17)11-5-4-6-11/h7-11H,4-6H2,1-3H3,(H,16,17). The van der Waals surface area contributed by atoms with Gasteiger partial charge in [0.25, 0.3) is 0 Å². The number of benzene rings is 1. The first kappa shape index (κ1) is 12.2. The fourth-order valence-corrected chi connectivity index (χ4v) is 1.97. The van der Waals surface area contributed by atoms with E-state index in [-0.39, 0.29) is 17.2 Å². The zero-order valence-corrected chi connectivity index (χ0v) is 10.9. The SMILES string of the molecule is CC(C)(C)c1ccc(NC(=O)C2CCC2)cc1. The molecule has 0 aliphatic heterocycles. The van der Waals surface area contributed by atoms with Crippen molar-refractivity contribution < 1.29 is 4.79 Å². The topological polar surface area (TPSA) is 29.1 Å². The molecule has 0 spiro atoms. The minimum Gasteiger partial charge on any atom is -0.326 e. The summed E-state index contributed by atoms with van der Waals surface area (Å²) in [6.45, 7) is 6.57. The second-order valence-electron chi connectivity index (χ2n) is 5.94. The van der Waals surface area contributed by atoms with Gasteiger partial charge in [0, 0.05) is 11.6 Å². The van der Waals surface area contributed by atoms with Crippen LogP contribution in [0.4, 0.5) is 5.69 Å². The molecule has 1 aromatic rings. The van der Waals surface area contributed by atoms with Gasteiger partial charge in [0.05, 0.1) is 0 Å². The maximum absolute atomic E-state index is 11.8. The van der Waals surface area contributed by atoms with Crippen LogP contribution >= 0.6 is 0 Å². The predicted molar refractivity (Wildman–Crippen MR) is 71.1 cm³/mol. The smallest absolute Gasteiger partial charge is 0.227 e. The Morgan fingerprint density at radius 2 is 1.76 bits per heavy atom. The molecule has 17 heavy (non-hydrogen) atoms. The number of carbonyl (C=O) groups excluding carboxylic acids is 1. The number of amides is 1. The molecular weight excluding hydrogens is 210 g/mol. The molecule has 1 fully saturated rings. The fourth-order valence-electron chi connectivity index (χ4n) is 1.97. The summed E-state index contributed by atoms with van der Waals surface area (Å²) < 4.78 is 0. The largest absolute Gasteiger partial charge is 0.326 e. The Morgan fingerprint density at radius 1 is 1.18 bits per heavy atom. The summed E-state index contributed by atoms with van der Waals surface area (Å²) in [6.07, 6.45) is 3.29. The molecule has 2 heteroatoms. The quantitative estimate of drug-likeness (QED) is 0.825. The lowest BCUT2D eigenvalue weighted by Crippen LogP contribution is -2.28. The van der Waals surface area contributed by atoms with Crippen molar-refractivity contribution in [3.63, 3.8) is 0 Å². The molecule has 2 nitrogen and oxygen atoms in total. The average molecular weight is 231 g/mol. The van der Waals surface area contributed by atoms with Crippen LogP contribution in [0.25, 0.3) is 0 Å². The van der Waals surface area contributed by atoms with Crippen molar-refractivity contribution in [3.8, 4) is 0 Å². The second kappa shape index (κ2) is 4.52. The van der Waals surface area contributed by atoms with E-state index in [1.807, 2.05) is 12.1 Å². The molecule has 1 N–H and O–H groups in total. The van der Waals surface area contributed by atoms with E-state index in [1.54, 1.807) is 0 Å². The molecule has 0 aromatic heterocycles. The van der Waals surface area contributed by atoms with Gasteiger partial charge in [0.15, 0.2) is 0 Å². The van der Waals surface area contributed by atoms with Crippen LogP contribution in [-0.4, -0.2) is 5.91 Å². The van der Waals surface area contributed by atoms with Crippen molar-refractivity contribution in [2.45, 2.75) is 45.4 Å². The van der Waals surface area contributed by atoms with Gasteiger partial charge in [-0.05, 0) is 36.0 Å². The van der Waals surface area contributed by atoms with Gasteiger partial charge in [-0.15, -0.1) is 0 Å². The normalized spacial score (nSPS) is 16.4. The van der Waals surface area contributed by atoms with E-state index < -0.39 is 0 Å². The van der Waals surface area contributed by atoms with Crippen molar-refractivity contribution in [2.75, 3.05) is 5.32 Å². The molecule has 0 bridgehead atoms. The van der Waals surface area contributed by atoms with Crippen molar-refractivity contribution >= 4 is 11.6 Å². The van der Waals surface area contributed by atoms with Crippen molar-refractivity contribution in [3.05, 3.63) is 29.8 Å². The Kier molecular flexibility index (Phi) is 3.23. The highest BCUT2D eigenvalue weighted by Gasteiger charge is 2.25. The molecule has 0 radical (unpaired) electrons. The van der Waals surface area contributed by atoms with Gasteiger partial charge in [-0.25, -0.2) is 0 Å². The number of hydrogen-bond donors (Lipinski definition) is 1. The highest BCUT2D eigenvalue weighted by atomic mass is 16.1. The van der Waals surface area contributed by atoms with Gasteiger partial charge in [-0.1, -0.05) is 39.3 Å². The molecular formula is C15H21NO. The average Bonchev–Trinajstić information content (AvgIpc) is 2.13. The molecule has 2 rings (SSSR count). The molecule has 1 aliphatic carbocycles. The number of nitrogens with one attached hydrogen (secondary N) is 1. The third-order valence-corrected chi connectivity index (χ3v) is 3.49. The highest BCUT2D eigenvalue weighted by Crippen LogP contribution is 2.28. The van der Waals surface area contributed by atoms with E-state index in [0.717, 1.165) is 18.5 Å². The Bertz CT molecular complexity index is 396. The Hall–Kier alpha value is -1.31. The van der Waals surface area contributed by atoms with E-state index in [2.05, 4.69) is 38.2 Å². The third-order valence-electron chi connectivity index (χ3n) is 3.49. The first-order valence-corrected chi connectivity index (χ1v) is 6.38. The van der Waals surface area contributed by atoms with E-state index >= 15 is 0 Å². The van der Waals surface area contributed by atoms with Crippen LogP contribution in [0.3, 0.4) is 0 Å². The maximum Gasteiger partial charge on any atom is 0.227 e. The van der Waals surface area contributed by atoms with Crippen LogP contribution in [0.15, 0.2) is 24.3 Å². The van der Waals surface area contributed by atoms with E-state index in [4.69, 9.17) is 0 Å². The van der Waals surface area contributed by atoms with E-state index in [1.165, 1.54) is 12.0 Å². The van der Waals surface area contributed by atoms with Gasteiger partial charge in [-0.2, -0.15) is 0 Å². The molecule has 1 aromatic carbocycles. The fraction of sp³-hybridized carbons (Fsp3) is 0.533. The number of hydrogen-bond acceptors (Lipinski definition) is 1. The van der Waals surface area contributed by atoms with Crippen LogP contribution in [0.5, 0.6) is 0 Å². The Labute approximate surface area is 103 Å². The van der Waals surface area contributed by atoms with Gasteiger partial charge in [-0.3, -0.25) is 4.79 Å². The Morgan fingerprint density at radius 3 is 2.18 bits per heavy atom. The summed E-state index contributed by atoms with van der Waals surface area (Å²) in [5.41, 5.74) is 2.37. The first-order chi connectivity index (χ1) is 7.97. The van der Waals surface area contributed by atoms with Gasteiger partial charge in [0.1, 0.15) is 0 Å². The first-order valence-electron chi connectivity index (χ1n) is 6.38. The van der Waals surface area contributed by atoms with Crippen LogP contribution in [-0.2, 0) is 10.2 Å². The molecule has 1 saturated carbocycles. The third kappa shape index (κ3) is 2.87. The zero-order chi connectivity index (χ0) is 12.5. The summed E-state index contributed by atoms with van der Waals surface area (Å²) in [5.74, 6) is 0.428. The molecule has 92 valence electrons. The molecule has 0 unspecified atom stereocenters. The minimum absolute atomic E-state index is 0.163. The van der Waals surface area contributed by atoms with Crippen LogP contribution in [0.2, 0.25) is 0 Å². The lowest BCUT2D eigenvalue weighted by atomic mass is 9.84. The van der Waals surface area contributed by atoms with Gasteiger partial charge >= 0.3 is 0 Å². The zero-order valence-electron chi connectivity index (χ0n) is 10.9. The van der Waals surface area contributed by atoms with Gasteiger partial charge < -0.3 is 5.32 Å². The number of carbonyl (C=O) groups is 1. The lowest BCUT2D eigenvalue weighted by molar-refractivity contribution is -0.122. The monoisotopic (exact) mass is 231 g/mol. The molecule has 0 heterocycles. The Balaban J connectivity index is 2.00. The second-order valence-corrected chi connectivity index (χ2v) is 5.94. The van der Waals surface area contributed by atoms with E-state index in [9.17, 15) is 4.79 Å². The summed E-state index contributed by atoms with van der Waals surface area (Å²) in [6, 6.07) is 8.18.